The third kappa shape index (κ3) is 4.07. The molecule has 0 fully saturated rings. The van der Waals surface area contributed by atoms with Gasteiger partial charge in [-0.1, -0.05) is 26.0 Å². The Morgan fingerprint density at radius 2 is 2.18 bits per heavy atom. The van der Waals surface area contributed by atoms with E-state index in [-0.39, 0.29) is 12.5 Å². The second-order valence-corrected chi connectivity index (χ2v) is 5.62. The quantitative estimate of drug-likeness (QED) is 0.885. The summed E-state index contributed by atoms with van der Waals surface area (Å²) >= 11 is 0. The summed E-state index contributed by atoms with van der Waals surface area (Å²) in [6, 6.07) is 6.06. The number of aromatic nitrogens is 3. The molecule has 1 amide bonds. The summed E-state index contributed by atoms with van der Waals surface area (Å²) in [7, 11) is 1.83. The van der Waals surface area contributed by atoms with E-state index in [4.69, 9.17) is 4.74 Å². The lowest BCUT2D eigenvalue weighted by atomic mass is 10.0. The van der Waals surface area contributed by atoms with Crippen LogP contribution in [0.15, 0.2) is 24.5 Å². The van der Waals surface area contributed by atoms with Gasteiger partial charge in [-0.2, -0.15) is 0 Å². The Bertz CT molecular complexity index is 649. The number of ether oxygens (including phenoxy) is 1. The summed E-state index contributed by atoms with van der Waals surface area (Å²) in [5, 5.41) is 10.4. The van der Waals surface area contributed by atoms with Crippen molar-refractivity contribution in [3.8, 4) is 5.75 Å². The van der Waals surface area contributed by atoms with Gasteiger partial charge in [-0.3, -0.25) is 4.79 Å². The molecule has 0 unspecified atom stereocenters. The van der Waals surface area contributed by atoms with E-state index in [1.165, 1.54) is 0 Å². The first-order valence-corrected chi connectivity index (χ1v) is 7.30. The van der Waals surface area contributed by atoms with Gasteiger partial charge in [0.15, 0.2) is 12.4 Å². The number of rotatable bonds is 6. The summed E-state index contributed by atoms with van der Waals surface area (Å²) in [6.07, 6.45) is 1.60. The van der Waals surface area contributed by atoms with Gasteiger partial charge >= 0.3 is 0 Å². The second kappa shape index (κ2) is 7.06. The average Bonchev–Trinajstić information content (AvgIpc) is 2.88. The van der Waals surface area contributed by atoms with Crippen molar-refractivity contribution >= 4 is 5.91 Å². The fourth-order valence-corrected chi connectivity index (χ4v) is 2.08. The van der Waals surface area contributed by atoms with E-state index in [1.54, 1.807) is 10.9 Å². The molecule has 0 radical (unpaired) electrons. The molecule has 0 saturated carbocycles. The average molecular weight is 302 g/mol. The van der Waals surface area contributed by atoms with E-state index in [2.05, 4.69) is 35.4 Å². The Labute approximate surface area is 130 Å². The topological polar surface area (TPSA) is 69.0 Å². The molecule has 0 bridgehead atoms. The highest BCUT2D eigenvalue weighted by Gasteiger charge is 2.11. The lowest BCUT2D eigenvalue weighted by Crippen LogP contribution is -2.29. The maximum Gasteiger partial charge on any atom is 0.258 e. The largest absolute Gasteiger partial charge is 0.483 e. The Kier molecular flexibility index (Phi) is 5.14. The Hall–Kier alpha value is -2.37. The standard InChI is InChI=1S/C16H22N4O2/c1-11(2)13-6-5-12(3)7-14(13)22-9-16(21)17-8-15-19-18-10-20(15)4/h5-7,10-11H,8-9H2,1-4H3,(H,17,21). The molecular formula is C16H22N4O2. The fourth-order valence-electron chi connectivity index (χ4n) is 2.08. The summed E-state index contributed by atoms with van der Waals surface area (Å²) in [6.45, 7) is 6.53. The van der Waals surface area contributed by atoms with Crippen LogP contribution in [0.25, 0.3) is 0 Å². The molecule has 6 heteroatoms. The molecule has 22 heavy (non-hydrogen) atoms. The molecule has 6 nitrogen and oxygen atoms in total. The van der Waals surface area contributed by atoms with Crippen LogP contribution in [0.3, 0.4) is 0 Å². The van der Waals surface area contributed by atoms with Crippen molar-refractivity contribution in [3.05, 3.63) is 41.5 Å². The number of hydrogen-bond acceptors (Lipinski definition) is 4. The SMILES string of the molecule is Cc1ccc(C(C)C)c(OCC(=O)NCc2nncn2C)c1. The van der Waals surface area contributed by atoms with Crippen molar-refractivity contribution in [2.75, 3.05) is 6.61 Å². The highest BCUT2D eigenvalue weighted by molar-refractivity contribution is 5.77. The number of benzene rings is 1. The molecule has 0 aliphatic carbocycles. The van der Waals surface area contributed by atoms with Crippen LogP contribution in [-0.4, -0.2) is 27.3 Å². The first kappa shape index (κ1) is 16.0. The fraction of sp³-hybridized carbons (Fsp3) is 0.438. The predicted molar refractivity (Wildman–Crippen MR) is 83.6 cm³/mol. The van der Waals surface area contributed by atoms with E-state index in [9.17, 15) is 4.79 Å². The Morgan fingerprint density at radius 1 is 1.41 bits per heavy atom. The number of carbonyl (C=O) groups is 1. The number of nitrogens with one attached hydrogen (secondary N) is 1. The Balaban J connectivity index is 1.91. The molecule has 0 atom stereocenters. The highest BCUT2D eigenvalue weighted by Crippen LogP contribution is 2.27. The number of nitrogens with zero attached hydrogens (tertiary/aromatic N) is 3. The number of amides is 1. The van der Waals surface area contributed by atoms with Gasteiger partial charge in [-0.25, -0.2) is 0 Å². The van der Waals surface area contributed by atoms with Crippen LogP contribution in [0.4, 0.5) is 0 Å². The number of hydrogen-bond donors (Lipinski definition) is 1. The van der Waals surface area contributed by atoms with Crippen molar-refractivity contribution < 1.29 is 9.53 Å². The lowest BCUT2D eigenvalue weighted by Gasteiger charge is -2.14. The van der Waals surface area contributed by atoms with Gasteiger partial charge in [0.2, 0.25) is 0 Å². The van der Waals surface area contributed by atoms with Crippen LogP contribution in [0.1, 0.15) is 36.7 Å². The zero-order chi connectivity index (χ0) is 16.1. The zero-order valence-corrected chi connectivity index (χ0v) is 13.5. The van der Waals surface area contributed by atoms with Gasteiger partial charge in [0.1, 0.15) is 12.1 Å². The number of carbonyl (C=O) groups excluding carboxylic acids is 1. The molecule has 1 aromatic heterocycles. The first-order chi connectivity index (χ1) is 10.5. The van der Waals surface area contributed by atoms with Crippen LogP contribution in [-0.2, 0) is 18.4 Å². The summed E-state index contributed by atoms with van der Waals surface area (Å²) < 4.78 is 7.45. The summed E-state index contributed by atoms with van der Waals surface area (Å²) in [4.78, 5) is 11.9. The minimum atomic E-state index is -0.181. The van der Waals surface area contributed by atoms with E-state index in [0.717, 1.165) is 16.9 Å². The molecule has 2 aromatic rings. The van der Waals surface area contributed by atoms with Gasteiger partial charge in [0, 0.05) is 7.05 Å². The van der Waals surface area contributed by atoms with Crippen molar-refractivity contribution in [2.24, 2.45) is 7.05 Å². The highest BCUT2D eigenvalue weighted by atomic mass is 16.5. The Morgan fingerprint density at radius 3 is 2.82 bits per heavy atom. The maximum atomic E-state index is 11.9. The van der Waals surface area contributed by atoms with Crippen molar-refractivity contribution in [3.63, 3.8) is 0 Å². The second-order valence-electron chi connectivity index (χ2n) is 5.62. The number of aryl methyl sites for hydroxylation is 2. The van der Waals surface area contributed by atoms with E-state index in [1.807, 2.05) is 26.1 Å². The molecule has 0 aliphatic heterocycles. The zero-order valence-electron chi connectivity index (χ0n) is 13.5. The molecule has 2 rings (SSSR count). The summed E-state index contributed by atoms with van der Waals surface area (Å²) in [5.74, 6) is 1.63. The van der Waals surface area contributed by atoms with Gasteiger partial charge in [0.05, 0.1) is 6.54 Å². The van der Waals surface area contributed by atoms with E-state index < -0.39 is 0 Å². The minimum absolute atomic E-state index is 0.0129. The maximum absolute atomic E-state index is 11.9. The molecule has 0 aliphatic rings. The smallest absolute Gasteiger partial charge is 0.258 e. The van der Waals surface area contributed by atoms with Crippen LogP contribution >= 0.6 is 0 Å². The van der Waals surface area contributed by atoms with E-state index >= 15 is 0 Å². The van der Waals surface area contributed by atoms with Crippen LogP contribution < -0.4 is 10.1 Å². The van der Waals surface area contributed by atoms with Gasteiger partial charge in [0.25, 0.3) is 5.91 Å². The third-order valence-corrected chi connectivity index (χ3v) is 3.40. The van der Waals surface area contributed by atoms with Crippen molar-refractivity contribution in [2.45, 2.75) is 33.2 Å². The van der Waals surface area contributed by atoms with Crippen LogP contribution in [0, 0.1) is 6.92 Å². The van der Waals surface area contributed by atoms with Gasteiger partial charge < -0.3 is 14.6 Å². The minimum Gasteiger partial charge on any atom is -0.483 e. The van der Waals surface area contributed by atoms with Gasteiger partial charge in [-0.05, 0) is 30.0 Å². The molecule has 0 saturated heterocycles. The molecule has 1 heterocycles. The van der Waals surface area contributed by atoms with Crippen LogP contribution in [0.2, 0.25) is 0 Å². The summed E-state index contributed by atoms with van der Waals surface area (Å²) in [5.41, 5.74) is 2.21. The predicted octanol–water partition coefficient (Wildman–Crippen LogP) is 1.94. The third-order valence-electron chi connectivity index (χ3n) is 3.40. The lowest BCUT2D eigenvalue weighted by molar-refractivity contribution is -0.123. The van der Waals surface area contributed by atoms with Crippen LogP contribution in [0.5, 0.6) is 5.75 Å². The normalized spacial score (nSPS) is 10.8. The molecular weight excluding hydrogens is 280 g/mol. The first-order valence-electron chi connectivity index (χ1n) is 7.30. The van der Waals surface area contributed by atoms with Crippen molar-refractivity contribution in [1.29, 1.82) is 0 Å². The van der Waals surface area contributed by atoms with Crippen molar-refractivity contribution in [1.82, 2.24) is 20.1 Å². The van der Waals surface area contributed by atoms with Gasteiger partial charge in [-0.15, -0.1) is 10.2 Å². The molecule has 1 aromatic carbocycles. The molecule has 118 valence electrons. The molecule has 0 spiro atoms. The van der Waals surface area contributed by atoms with E-state index in [0.29, 0.717) is 18.3 Å². The monoisotopic (exact) mass is 302 g/mol. The molecule has 1 N–H and O–H groups in total.